The number of aryl methyl sites for hydroxylation is 1. The number of hydrogen-bond acceptors (Lipinski definition) is 5. The first kappa shape index (κ1) is 16.2. The normalized spacial score (nSPS) is 16.4. The van der Waals surface area contributed by atoms with E-state index < -0.39 is 0 Å². The van der Waals surface area contributed by atoms with Gasteiger partial charge in [0.2, 0.25) is 0 Å². The van der Waals surface area contributed by atoms with Crippen LogP contribution < -0.4 is 0 Å². The predicted octanol–water partition coefficient (Wildman–Crippen LogP) is 1.68. The molecule has 0 N–H and O–H groups in total. The van der Waals surface area contributed by atoms with Gasteiger partial charge in [0, 0.05) is 50.2 Å². The van der Waals surface area contributed by atoms with Gasteiger partial charge in [0.1, 0.15) is 12.0 Å². The van der Waals surface area contributed by atoms with E-state index in [4.69, 9.17) is 5.10 Å². The fourth-order valence-electron chi connectivity index (χ4n) is 3.77. The first-order valence-corrected chi connectivity index (χ1v) is 9.33. The van der Waals surface area contributed by atoms with Crippen LogP contribution >= 0.6 is 0 Å². The molecular formula is C19H21N7O. The van der Waals surface area contributed by atoms with Gasteiger partial charge in [-0.1, -0.05) is 0 Å². The minimum absolute atomic E-state index is 0.00278. The van der Waals surface area contributed by atoms with Crippen LogP contribution in [0.5, 0.6) is 0 Å². The van der Waals surface area contributed by atoms with E-state index in [0.717, 1.165) is 36.0 Å². The van der Waals surface area contributed by atoms with Gasteiger partial charge < -0.3 is 9.47 Å². The van der Waals surface area contributed by atoms with Crippen molar-refractivity contribution >= 4 is 5.91 Å². The molecule has 0 radical (unpaired) electrons. The van der Waals surface area contributed by atoms with Crippen molar-refractivity contribution in [2.45, 2.75) is 32.4 Å². The van der Waals surface area contributed by atoms with Crippen LogP contribution in [0.1, 0.15) is 34.5 Å². The minimum atomic E-state index is 0.00278. The third kappa shape index (κ3) is 2.90. The molecule has 8 nitrogen and oxygen atoms in total. The maximum atomic E-state index is 12.9. The van der Waals surface area contributed by atoms with Crippen molar-refractivity contribution in [1.82, 2.24) is 34.4 Å². The largest absolute Gasteiger partial charge is 0.334 e. The second-order valence-electron chi connectivity index (χ2n) is 7.37. The van der Waals surface area contributed by atoms with Crippen molar-refractivity contribution in [1.29, 1.82) is 0 Å². The lowest BCUT2D eigenvalue weighted by Gasteiger charge is -2.27. The zero-order chi connectivity index (χ0) is 18.4. The third-order valence-electron chi connectivity index (χ3n) is 5.42. The lowest BCUT2D eigenvalue weighted by Crippen LogP contribution is -2.36. The molecule has 2 aliphatic rings. The van der Waals surface area contributed by atoms with Crippen LogP contribution in [0.4, 0.5) is 0 Å². The van der Waals surface area contributed by atoms with Crippen molar-refractivity contribution in [2.75, 3.05) is 6.54 Å². The molecule has 1 fully saturated rings. The van der Waals surface area contributed by atoms with Gasteiger partial charge in [0.25, 0.3) is 5.91 Å². The molecule has 3 aromatic heterocycles. The Morgan fingerprint density at radius 2 is 2.22 bits per heavy atom. The highest BCUT2D eigenvalue weighted by molar-refractivity contribution is 5.94. The Balaban J connectivity index is 1.48. The Bertz CT molecular complexity index is 987. The summed E-state index contributed by atoms with van der Waals surface area (Å²) in [5.41, 5.74) is 3.70. The highest BCUT2D eigenvalue weighted by Gasteiger charge is 2.30. The molecule has 1 aliphatic carbocycles. The van der Waals surface area contributed by atoms with Gasteiger partial charge in [-0.25, -0.2) is 0 Å². The molecule has 0 unspecified atom stereocenters. The first-order chi connectivity index (χ1) is 13.2. The van der Waals surface area contributed by atoms with Gasteiger partial charge in [-0.2, -0.15) is 5.10 Å². The fourth-order valence-corrected chi connectivity index (χ4v) is 3.77. The van der Waals surface area contributed by atoms with E-state index in [0.29, 0.717) is 18.7 Å². The highest BCUT2D eigenvalue weighted by Crippen LogP contribution is 2.33. The van der Waals surface area contributed by atoms with Crippen LogP contribution in [0.15, 0.2) is 30.9 Å². The van der Waals surface area contributed by atoms with E-state index >= 15 is 0 Å². The van der Waals surface area contributed by atoms with Crippen molar-refractivity contribution in [3.8, 4) is 11.5 Å². The molecule has 27 heavy (non-hydrogen) atoms. The minimum Gasteiger partial charge on any atom is -0.334 e. The Labute approximate surface area is 156 Å². The molecule has 1 saturated carbocycles. The number of nitrogens with zero attached hydrogens (tertiary/aromatic N) is 7. The zero-order valence-corrected chi connectivity index (χ0v) is 15.2. The summed E-state index contributed by atoms with van der Waals surface area (Å²) in [4.78, 5) is 18.8. The summed E-state index contributed by atoms with van der Waals surface area (Å²) in [7, 11) is 1.96. The summed E-state index contributed by atoms with van der Waals surface area (Å²) in [6, 6.07) is 3.60. The number of carbonyl (C=O) groups is 1. The monoisotopic (exact) mass is 363 g/mol. The molecule has 0 aromatic carbocycles. The molecule has 0 atom stereocenters. The maximum Gasteiger partial charge on any atom is 0.255 e. The number of hydrogen-bond donors (Lipinski definition) is 0. The Hall–Kier alpha value is -3.03. The topological polar surface area (TPSA) is 81.7 Å². The maximum absolute atomic E-state index is 12.9. The Morgan fingerprint density at radius 1 is 1.33 bits per heavy atom. The zero-order valence-electron chi connectivity index (χ0n) is 15.2. The van der Waals surface area contributed by atoms with Gasteiger partial charge in [-0.05, 0) is 30.9 Å². The molecule has 0 spiro atoms. The lowest BCUT2D eigenvalue weighted by molar-refractivity contribution is 0.0733. The van der Waals surface area contributed by atoms with Gasteiger partial charge >= 0.3 is 0 Å². The molecule has 8 heteroatoms. The molecule has 138 valence electrons. The van der Waals surface area contributed by atoms with Gasteiger partial charge in [-0.3, -0.25) is 14.5 Å². The van der Waals surface area contributed by atoms with Crippen LogP contribution in [0.25, 0.3) is 11.5 Å². The summed E-state index contributed by atoms with van der Waals surface area (Å²) >= 11 is 0. The van der Waals surface area contributed by atoms with E-state index in [1.165, 1.54) is 18.5 Å². The van der Waals surface area contributed by atoms with E-state index in [2.05, 4.69) is 19.7 Å². The van der Waals surface area contributed by atoms with E-state index in [1.807, 2.05) is 16.6 Å². The third-order valence-corrected chi connectivity index (χ3v) is 5.42. The Morgan fingerprint density at radius 3 is 3.00 bits per heavy atom. The van der Waals surface area contributed by atoms with Crippen molar-refractivity contribution in [3.05, 3.63) is 47.7 Å². The van der Waals surface area contributed by atoms with E-state index in [9.17, 15) is 4.79 Å². The molecular weight excluding hydrogens is 342 g/mol. The summed E-state index contributed by atoms with van der Waals surface area (Å²) < 4.78 is 4.02. The number of aromatic nitrogens is 6. The van der Waals surface area contributed by atoms with Crippen LogP contribution in [0, 0.1) is 5.92 Å². The molecule has 3 aromatic rings. The summed E-state index contributed by atoms with van der Waals surface area (Å²) in [5.74, 6) is 1.53. The smallest absolute Gasteiger partial charge is 0.255 e. The van der Waals surface area contributed by atoms with Crippen molar-refractivity contribution in [3.63, 3.8) is 0 Å². The van der Waals surface area contributed by atoms with E-state index in [-0.39, 0.29) is 5.91 Å². The average Bonchev–Trinajstić information content (AvgIpc) is 3.31. The summed E-state index contributed by atoms with van der Waals surface area (Å²) in [6.45, 7) is 2.14. The summed E-state index contributed by atoms with van der Waals surface area (Å²) in [6.07, 6.45) is 8.40. The highest BCUT2D eigenvalue weighted by atomic mass is 16.2. The number of fused-ring (bicyclic) bond motifs is 1. The molecule has 1 amide bonds. The number of amides is 1. The standard InChI is InChI=1S/C19H21N7O/c1-24-16-6-8-25(19(27)14-3-2-7-20-9-14)11-15(16)17(23-24)18-22-21-12-26(18)10-13-4-5-13/h2-3,7,9,12-13H,4-6,8,10-11H2,1H3. The number of pyridine rings is 1. The first-order valence-electron chi connectivity index (χ1n) is 9.33. The quantitative estimate of drug-likeness (QED) is 0.704. The SMILES string of the molecule is Cn1nc(-c2nncn2CC2CC2)c2c1CCN(C(=O)c1cccnc1)C2. The van der Waals surface area contributed by atoms with Gasteiger partial charge in [0.15, 0.2) is 5.82 Å². The molecule has 4 heterocycles. The van der Waals surface area contributed by atoms with Crippen LogP contribution in [-0.2, 0) is 26.6 Å². The second kappa shape index (κ2) is 6.29. The molecule has 0 bridgehead atoms. The average molecular weight is 363 g/mol. The van der Waals surface area contributed by atoms with Crippen molar-refractivity contribution < 1.29 is 4.79 Å². The predicted molar refractivity (Wildman–Crippen MR) is 97.6 cm³/mol. The second-order valence-corrected chi connectivity index (χ2v) is 7.37. The van der Waals surface area contributed by atoms with Gasteiger partial charge in [0.05, 0.1) is 12.1 Å². The molecule has 1 aliphatic heterocycles. The number of carbonyl (C=O) groups excluding carboxylic acids is 1. The van der Waals surface area contributed by atoms with Crippen molar-refractivity contribution in [2.24, 2.45) is 13.0 Å². The van der Waals surface area contributed by atoms with Crippen LogP contribution in [-0.4, -0.2) is 46.9 Å². The number of rotatable bonds is 4. The van der Waals surface area contributed by atoms with Gasteiger partial charge in [-0.15, -0.1) is 10.2 Å². The molecule has 0 saturated heterocycles. The lowest BCUT2D eigenvalue weighted by atomic mass is 10.0. The van der Waals surface area contributed by atoms with Crippen LogP contribution in [0.2, 0.25) is 0 Å². The fraction of sp³-hybridized carbons (Fsp3) is 0.421. The molecule has 5 rings (SSSR count). The Kier molecular flexibility index (Phi) is 3.77. The summed E-state index contributed by atoms with van der Waals surface area (Å²) in [5, 5.41) is 13.2. The van der Waals surface area contributed by atoms with Crippen LogP contribution in [0.3, 0.4) is 0 Å². The van der Waals surface area contributed by atoms with E-state index in [1.54, 1.807) is 30.9 Å².